The fourth-order valence-corrected chi connectivity index (χ4v) is 6.63. The SMILES string of the molecule is C=C/C=C(\C=C1\c2c(c(C(=C)N/C=C\C=C/CC)cc3sc4ccccc4c23)N1C)c1ccc2ccccc2c1. The Balaban J connectivity index is 1.51. The van der Waals surface area contributed by atoms with Crippen molar-refractivity contribution in [1.29, 1.82) is 0 Å². The molecule has 1 aromatic heterocycles. The molecule has 1 aliphatic rings. The summed E-state index contributed by atoms with van der Waals surface area (Å²) < 4.78 is 2.57. The molecular weight excluding hydrogens is 504 g/mol. The minimum atomic E-state index is 0.888. The number of nitrogens with zero attached hydrogens (tertiary/aromatic N) is 1. The first-order valence-electron chi connectivity index (χ1n) is 13.6. The number of allylic oxidation sites excluding steroid dienone is 7. The second kappa shape index (κ2) is 10.9. The van der Waals surface area contributed by atoms with Gasteiger partial charge in [-0.25, -0.2) is 0 Å². The van der Waals surface area contributed by atoms with Crippen molar-refractivity contribution in [3.05, 3.63) is 145 Å². The van der Waals surface area contributed by atoms with Gasteiger partial charge in [0.1, 0.15) is 0 Å². The van der Waals surface area contributed by atoms with Crippen molar-refractivity contribution in [2.45, 2.75) is 13.3 Å². The minimum absolute atomic E-state index is 0.888. The van der Waals surface area contributed by atoms with Crippen molar-refractivity contribution in [2.24, 2.45) is 0 Å². The van der Waals surface area contributed by atoms with Crippen molar-refractivity contribution in [3.63, 3.8) is 0 Å². The molecule has 1 N–H and O–H groups in total. The van der Waals surface area contributed by atoms with Gasteiger partial charge in [-0.3, -0.25) is 0 Å². The first-order chi connectivity index (χ1) is 19.6. The van der Waals surface area contributed by atoms with E-state index in [4.69, 9.17) is 0 Å². The van der Waals surface area contributed by atoms with Gasteiger partial charge in [0.05, 0.1) is 11.4 Å². The number of rotatable bonds is 8. The lowest BCUT2D eigenvalue weighted by molar-refractivity contribution is 1.13. The molecule has 40 heavy (non-hydrogen) atoms. The molecule has 0 fully saturated rings. The molecule has 0 bridgehead atoms. The number of thiophene rings is 1. The lowest BCUT2D eigenvalue weighted by Crippen LogP contribution is -2.29. The average Bonchev–Trinajstić information content (AvgIpc) is 3.35. The van der Waals surface area contributed by atoms with E-state index in [1.165, 1.54) is 53.5 Å². The highest BCUT2D eigenvalue weighted by Crippen LogP contribution is 2.53. The molecule has 0 saturated heterocycles. The Morgan fingerprint density at radius 1 is 0.950 bits per heavy atom. The summed E-state index contributed by atoms with van der Waals surface area (Å²) in [5.41, 5.74) is 7.99. The molecule has 2 heterocycles. The summed E-state index contributed by atoms with van der Waals surface area (Å²) in [5, 5.41) is 8.49. The van der Waals surface area contributed by atoms with Gasteiger partial charge < -0.3 is 10.2 Å². The van der Waals surface area contributed by atoms with Crippen LogP contribution in [0.15, 0.2) is 129 Å². The van der Waals surface area contributed by atoms with E-state index in [2.05, 4.69) is 134 Å². The smallest absolute Gasteiger partial charge is 0.0604 e. The van der Waals surface area contributed by atoms with Crippen LogP contribution in [0.4, 0.5) is 5.69 Å². The van der Waals surface area contributed by atoms with E-state index in [0.29, 0.717) is 0 Å². The highest BCUT2D eigenvalue weighted by molar-refractivity contribution is 7.25. The maximum absolute atomic E-state index is 4.41. The number of nitrogens with one attached hydrogen (secondary N) is 1. The van der Waals surface area contributed by atoms with E-state index in [0.717, 1.165) is 23.3 Å². The van der Waals surface area contributed by atoms with E-state index in [1.807, 2.05) is 29.7 Å². The maximum Gasteiger partial charge on any atom is 0.0604 e. The molecule has 196 valence electrons. The Morgan fingerprint density at radius 2 is 1.75 bits per heavy atom. The average molecular weight is 537 g/mol. The second-order valence-electron chi connectivity index (χ2n) is 9.95. The molecule has 0 unspecified atom stereocenters. The van der Waals surface area contributed by atoms with E-state index in [1.54, 1.807) is 0 Å². The standard InChI is InChI=1S/C37H32N2S/c1-5-7-8-13-21-38-25(3)31-24-34-35(30-17-11-12-18-33(30)40-34)36-32(39(4)37(31)36)23-27(14-6-2)29-20-19-26-15-9-10-16-28(26)22-29/h6-24,38H,2-3,5H2,1,4H3/b8-7-,21-13-,27-14+,32-23-. The van der Waals surface area contributed by atoms with Crippen LogP contribution in [0.1, 0.15) is 30.0 Å². The molecule has 6 rings (SSSR count). The van der Waals surface area contributed by atoms with Gasteiger partial charge in [0.25, 0.3) is 0 Å². The van der Waals surface area contributed by atoms with Gasteiger partial charge in [0.15, 0.2) is 0 Å². The van der Waals surface area contributed by atoms with Crippen LogP contribution in [0.3, 0.4) is 0 Å². The third-order valence-corrected chi connectivity index (χ3v) is 8.55. The fraction of sp³-hybridized carbons (Fsp3) is 0.0811. The van der Waals surface area contributed by atoms with E-state index >= 15 is 0 Å². The molecule has 5 aromatic rings. The third kappa shape index (κ3) is 4.49. The number of benzene rings is 4. The Labute approximate surface area is 240 Å². The summed E-state index contributed by atoms with van der Waals surface area (Å²) in [6.45, 7) is 10.6. The first-order valence-corrected chi connectivity index (χ1v) is 14.5. The number of hydrogen-bond acceptors (Lipinski definition) is 3. The molecule has 0 atom stereocenters. The lowest BCUT2D eigenvalue weighted by Gasteiger charge is -2.39. The van der Waals surface area contributed by atoms with Crippen LogP contribution in [0.2, 0.25) is 0 Å². The topological polar surface area (TPSA) is 15.3 Å². The molecule has 0 amide bonds. The molecule has 0 radical (unpaired) electrons. The van der Waals surface area contributed by atoms with E-state index in [9.17, 15) is 0 Å². The van der Waals surface area contributed by atoms with Crippen molar-refractivity contribution < 1.29 is 0 Å². The zero-order valence-electron chi connectivity index (χ0n) is 22.9. The summed E-state index contributed by atoms with van der Waals surface area (Å²) in [5.74, 6) is 0. The van der Waals surface area contributed by atoms with Crippen molar-refractivity contribution in [3.8, 4) is 0 Å². The summed E-state index contributed by atoms with van der Waals surface area (Å²) in [6.07, 6.45) is 15.5. The summed E-state index contributed by atoms with van der Waals surface area (Å²) in [7, 11) is 2.15. The second-order valence-corrected chi connectivity index (χ2v) is 11.0. The molecule has 0 saturated carbocycles. The number of hydrogen-bond donors (Lipinski definition) is 1. The van der Waals surface area contributed by atoms with E-state index in [-0.39, 0.29) is 0 Å². The van der Waals surface area contributed by atoms with Gasteiger partial charge in [-0.05, 0) is 58.7 Å². The predicted molar refractivity (Wildman–Crippen MR) is 179 cm³/mol. The highest BCUT2D eigenvalue weighted by atomic mass is 32.1. The van der Waals surface area contributed by atoms with Gasteiger partial charge in [0.2, 0.25) is 0 Å². The fourth-order valence-electron chi connectivity index (χ4n) is 5.48. The third-order valence-electron chi connectivity index (χ3n) is 7.43. The van der Waals surface area contributed by atoms with Gasteiger partial charge >= 0.3 is 0 Å². The molecule has 3 heteroatoms. The Kier molecular flexibility index (Phi) is 6.98. The van der Waals surface area contributed by atoms with Crippen molar-refractivity contribution in [1.82, 2.24) is 5.32 Å². The molecular formula is C37H32N2S. The number of anilines is 1. The highest BCUT2D eigenvalue weighted by Gasteiger charge is 2.33. The quantitative estimate of drug-likeness (QED) is 0.198. The monoisotopic (exact) mass is 536 g/mol. The molecule has 0 aliphatic carbocycles. The van der Waals surface area contributed by atoms with Crippen LogP contribution in [-0.2, 0) is 0 Å². The summed E-state index contributed by atoms with van der Waals surface area (Å²) in [6, 6.07) is 26.1. The van der Waals surface area contributed by atoms with Crippen molar-refractivity contribution >= 4 is 64.9 Å². The number of fused-ring (bicyclic) bond motifs is 6. The maximum atomic E-state index is 4.41. The summed E-state index contributed by atoms with van der Waals surface area (Å²) >= 11 is 1.84. The Hall–Kier alpha value is -4.60. The molecule has 4 aromatic carbocycles. The van der Waals surface area contributed by atoms with Crippen molar-refractivity contribution in [2.75, 3.05) is 11.9 Å². The Bertz CT molecular complexity index is 1910. The molecule has 1 aliphatic heterocycles. The van der Waals surface area contributed by atoms with Crippen LogP contribution < -0.4 is 10.2 Å². The van der Waals surface area contributed by atoms with E-state index < -0.39 is 0 Å². The van der Waals surface area contributed by atoms with Crippen LogP contribution in [0.5, 0.6) is 0 Å². The van der Waals surface area contributed by atoms with Gasteiger partial charge in [-0.1, -0.05) is 99.0 Å². The Morgan fingerprint density at radius 3 is 2.58 bits per heavy atom. The molecule has 2 nitrogen and oxygen atoms in total. The predicted octanol–water partition coefficient (Wildman–Crippen LogP) is 10.3. The van der Waals surface area contributed by atoms with Gasteiger partial charge in [-0.2, -0.15) is 0 Å². The minimum Gasteiger partial charge on any atom is -0.362 e. The largest absolute Gasteiger partial charge is 0.362 e. The zero-order valence-corrected chi connectivity index (χ0v) is 23.8. The first kappa shape index (κ1) is 25.7. The normalized spacial score (nSPS) is 14.5. The van der Waals surface area contributed by atoms with Crippen LogP contribution in [0.25, 0.3) is 47.9 Å². The molecule has 0 spiro atoms. The van der Waals surface area contributed by atoms with Gasteiger partial charge in [0, 0.05) is 50.2 Å². The van der Waals surface area contributed by atoms with Crippen LogP contribution >= 0.6 is 11.3 Å². The van der Waals surface area contributed by atoms with Crippen LogP contribution in [-0.4, -0.2) is 7.05 Å². The zero-order chi connectivity index (χ0) is 27.6. The summed E-state index contributed by atoms with van der Waals surface area (Å²) in [4.78, 5) is 2.29. The van der Waals surface area contributed by atoms with Gasteiger partial charge in [-0.15, -0.1) is 11.3 Å². The lowest BCUT2D eigenvalue weighted by atomic mass is 9.87. The van der Waals surface area contributed by atoms with Crippen LogP contribution in [0, 0.1) is 0 Å².